The minimum Gasteiger partial charge on any atom is -0.619 e. The first-order chi connectivity index (χ1) is 9.58. The summed E-state index contributed by atoms with van der Waals surface area (Å²) in [5, 5.41) is 15.9. The Hall–Kier alpha value is -1.92. The third-order valence-corrected chi connectivity index (χ3v) is 3.99. The molecule has 5 nitrogen and oxygen atoms in total. The zero-order valence-electron chi connectivity index (χ0n) is 11.4. The molecule has 0 saturated heterocycles. The minimum absolute atomic E-state index is 0.145. The van der Waals surface area contributed by atoms with E-state index >= 15 is 0 Å². The van der Waals surface area contributed by atoms with Crippen LogP contribution in [0.4, 0.5) is 0 Å². The molecular formula is C14H17N3O2S. The van der Waals surface area contributed by atoms with E-state index in [1.807, 2.05) is 25.5 Å². The number of pyridine rings is 1. The summed E-state index contributed by atoms with van der Waals surface area (Å²) in [4.78, 5) is 15.3. The number of nitrogens with zero attached hydrogens (tertiary/aromatic N) is 2. The Morgan fingerprint density at radius 2 is 2.10 bits per heavy atom. The number of carbonyl (C=O) groups is 1. The minimum atomic E-state index is -0.172. The van der Waals surface area contributed by atoms with Crippen molar-refractivity contribution in [2.24, 2.45) is 0 Å². The van der Waals surface area contributed by atoms with Crippen molar-refractivity contribution in [2.45, 2.75) is 6.04 Å². The molecule has 0 bridgehead atoms. The predicted molar refractivity (Wildman–Crippen MR) is 78.5 cm³/mol. The zero-order chi connectivity index (χ0) is 14.5. The molecule has 0 aromatic carbocycles. The van der Waals surface area contributed by atoms with E-state index < -0.39 is 0 Å². The maximum Gasteiger partial charge on any atom is 0.251 e. The topological polar surface area (TPSA) is 59.3 Å². The molecule has 1 unspecified atom stereocenters. The molecule has 0 radical (unpaired) electrons. The lowest BCUT2D eigenvalue weighted by atomic mass is 10.2. The molecule has 0 spiro atoms. The second kappa shape index (κ2) is 6.49. The summed E-state index contributed by atoms with van der Waals surface area (Å²) >= 11 is 1.67. The van der Waals surface area contributed by atoms with Crippen LogP contribution in [0, 0.1) is 5.21 Å². The van der Waals surface area contributed by atoms with Crippen molar-refractivity contribution in [3.8, 4) is 0 Å². The fraction of sp³-hybridized carbons (Fsp3) is 0.286. The summed E-state index contributed by atoms with van der Waals surface area (Å²) in [7, 11) is 3.97. The molecule has 2 rings (SSSR count). The highest BCUT2D eigenvalue weighted by Crippen LogP contribution is 2.22. The van der Waals surface area contributed by atoms with Crippen LogP contribution in [0.15, 0.2) is 42.0 Å². The summed E-state index contributed by atoms with van der Waals surface area (Å²) in [6.45, 7) is 0.526. The number of aromatic nitrogens is 1. The Labute approximate surface area is 122 Å². The van der Waals surface area contributed by atoms with E-state index in [-0.39, 0.29) is 11.9 Å². The van der Waals surface area contributed by atoms with Crippen LogP contribution in [0.3, 0.4) is 0 Å². The number of rotatable bonds is 5. The zero-order valence-corrected chi connectivity index (χ0v) is 12.3. The summed E-state index contributed by atoms with van der Waals surface area (Å²) < 4.78 is 0.658. The van der Waals surface area contributed by atoms with Gasteiger partial charge in [0.25, 0.3) is 5.91 Å². The first-order valence-electron chi connectivity index (χ1n) is 6.25. The molecule has 2 heterocycles. The lowest BCUT2D eigenvalue weighted by Crippen LogP contribution is -2.34. The molecule has 20 heavy (non-hydrogen) atoms. The van der Waals surface area contributed by atoms with Gasteiger partial charge in [0.15, 0.2) is 12.4 Å². The number of hydrogen-bond donors (Lipinski definition) is 1. The maximum absolute atomic E-state index is 12.0. The van der Waals surface area contributed by atoms with Gasteiger partial charge in [-0.3, -0.25) is 4.79 Å². The lowest BCUT2D eigenvalue weighted by Gasteiger charge is -2.23. The van der Waals surface area contributed by atoms with Gasteiger partial charge in [-0.25, -0.2) is 0 Å². The van der Waals surface area contributed by atoms with E-state index in [1.54, 1.807) is 11.3 Å². The van der Waals surface area contributed by atoms with Crippen LogP contribution in [0.5, 0.6) is 0 Å². The van der Waals surface area contributed by atoms with E-state index in [9.17, 15) is 10.0 Å². The first-order valence-corrected chi connectivity index (χ1v) is 7.13. The maximum atomic E-state index is 12.0. The quantitative estimate of drug-likeness (QED) is 0.669. The van der Waals surface area contributed by atoms with E-state index in [4.69, 9.17) is 0 Å². The van der Waals surface area contributed by atoms with Crippen LogP contribution in [-0.2, 0) is 0 Å². The molecule has 2 aromatic heterocycles. The fourth-order valence-corrected chi connectivity index (χ4v) is 2.80. The summed E-state index contributed by atoms with van der Waals surface area (Å²) in [5.41, 5.74) is 0.487. The first kappa shape index (κ1) is 14.5. The van der Waals surface area contributed by atoms with E-state index in [0.29, 0.717) is 16.8 Å². The third-order valence-electron chi connectivity index (χ3n) is 3.02. The SMILES string of the molecule is CN(C)C(CNC(=O)c1cc[n+]([O-])cc1)c1cccs1. The fourth-order valence-electron chi connectivity index (χ4n) is 1.87. The number of hydrogen-bond acceptors (Lipinski definition) is 4. The number of carbonyl (C=O) groups excluding carboxylic acids is 1. The van der Waals surface area contributed by atoms with Gasteiger partial charge in [0.1, 0.15) is 0 Å². The Morgan fingerprint density at radius 3 is 2.65 bits per heavy atom. The lowest BCUT2D eigenvalue weighted by molar-refractivity contribution is -0.605. The van der Waals surface area contributed by atoms with Crippen LogP contribution >= 0.6 is 11.3 Å². The Balaban J connectivity index is 1.99. The van der Waals surface area contributed by atoms with Gasteiger partial charge in [0.2, 0.25) is 0 Å². The number of thiophene rings is 1. The average Bonchev–Trinajstić information content (AvgIpc) is 2.93. The van der Waals surface area contributed by atoms with Crippen molar-refractivity contribution in [3.05, 3.63) is 57.7 Å². The van der Waals surface area contributed by atoms with Crippen molar-refractivity contribution >= 4 is 17.2 Å². The van der Waals surface area contributed by atoms with Crippen LogP contribution in [-0.4, -0.2) is 31.4 Å². The smallest absolute Gasteiger partial charge is 0.251 e. The van der Waals surface area contributed by atoms with Gasteiger partial charge < -0.3 is 15.4 Å². The van der Waals surface area contributed by atoms with Crippen molar-refractivity contribution in [3.63, 3.8) is 0 Å². The van der Waals surface area contributed by atoms with Gasteiger partial charge >= 0.3 is 0 Å². The van der Waals surface area contributed by atoms with Crippen molar-refractivity contribution in [1.29, 1.82) is 0 Å². The van der Waals surface area contributed by atoms with Crippen LogP contribution in [0.2, 0.25) is 0 Å². The summed E-state index contributed by atoms with van der Waals surface area (Å²) in [6, 6.07) is 7.23. The highest BCUT2D eigenvalue weighted by atomic mass is 32.1. The second-order valence-corrected chi connectivity index (χ2v) is 5.63. The van der Waals surface area contributed by atoms with Gasteiger partial charge in [0, 0.05) is 23.6 Å². The molecule has 0 fully saturated rings. The van der Waals surface area contributed by atoms with E-state index in [0.717, 1.165) is 0 Å². The van der Waals surface area contributed by atoms with Crippen molar-refractivity contribution in [2.75, 3.05) is 20.6 Å². The molecule has 1 amide bonds. The van der Waals surface area contributed by atoms with Gasteiger partial charge in [-0.15, -0.1) is 11.3 Å². The van der Waals surface area contributed by atoms with Crippen LogP contribution in [0.1, 0.15) is 21.3 Å². The predicted octanol–water partition coefficient (Wildman–Crippen LogP) is 1.41. The Kier molecular flexibility index (Phi) is 4.70. The third kappa shape index (κ3) is 3.55. The highest BCUT2D eigenvalue weighted by Gasteiger charge is 2.16. The molecule has 0 aliphatic rings. The van der Waals surface area contributed by atoms with Crippen LogP contribution < -0.4 is 10.0 Å². The molecule has 0 saturated carbocycles. The molecule has 106 valence electrons. The number of likely N-dealkylation sites (N-methyl/N-ethyl adjacent to an activating group) is 1. The molecule has 2 aromatic rings. The molecule has 6 heteroatoms. The van der Waals surface area contributed by atoms with Gasteiger partial charge in [-0.2, -0.15) is 4.73 Å². The van der Waals surface area contributed by atoms with E-state index in [1.165, 1.54) is 29.4 Å². The van der Waals surface area contributed by atoms with Gasteiger partial charge in [-0.05, 0) is 25.5 Å². The standard InChI is InChI=1S/C14H17N3O2S/c1-16(2)12(13-4-3-9-20-13)10-15-14(18)11-5-7-17(19)8-6-11/h3-9,12H,10H2,1-2H3,(H,15,18). The largest absolute Gasteiger partial charge is 0.619 e. The average molecular weight is 291 g/mol. The number of amides is 1. The van der Waals surface area contributed by atoms with Gasteiger partial charge in [0.05, 0.1) is 11.6 Å². The Bertz CT molecular complexity index is 552. The van der Waals surface area contributed by atoms with Crippen LogP contribution in [0.25, 0.3) is 0 Å². The molecular weight excluding hydrogens is 274 g/mol. The molecule has 1 atom stereocenters. The normalized spacial score (nSPS) is 12.3. The van der Waals surface area contributed by atoms with Gasteiger partial charge in [-0.1, -0.05) is 6.07 Å². The monoisotopic (exact) mass is 291 g/mol. The van der Waals surface area contributed by atoms with Crippen molar-refractivity contribution in [1.82, 2.24) is 10.2 Å². The number of nitrogens with one attached hydrogen (secondary N) is 1. The Morgan fingerprint density at radius 1 is 1.40 bits per heavy atom. The molecule has 0 aliphatic carbocycles. The highest BCUT2D eigenvalue weighted by molar-refractivity contribution is 7.10. The summed E-state index contributed by atoms with van der Waals surface area (Å²) in [5.74, 6) is -0.172. The van der Waals surface area contributed by atoms with Crippen molar-refractivity contribution < 1.29 is 9.52 Å². The van der Waals surface area contributed by atoms with E-state index in [2.05, 4.69) is 16.3 Å². The molecule has 0 aliphatic heterocycles. The molecule has 1 N–H and O–H groups in total. The summed E-state index contributed by atoms with van der Waals surface area (Å²) in [6.07, 6.45) is 2.63. The second-order valence-electron chi connectivity index (χ2n) is 4.65.